The predicted molar refractivity (Wildman–Crippen MR) is 128 cm³/mol. The summed E-state index contributed by atoms with van der Waals surface area (Å²) in [5.41, 5.74) is 2.85. The van der Waals surface area contributed by atoms with Crippen LogP contribution in [0.5, 0.6) is 0 Å². The quantitative estimate of drug-likeness (QED) is 0.335. The molecule has 0 radical (unpaired) electrons. The molecule has 1 heterocycles. The highest BCUT2D eigenvalue weighted by atomic mass is 32.2. The number of rotatable bonds is 10. The van der Waals surface area contributed by atoms with Crippen molar-refractivity contribution in [2.24, 2.45) is 0 Å². The highest BCUT2D eigenvalue weighted by molar-refractivity contribution is 8.06. The van der Waals surface area contributed by atoms with Crippen LogP contribution in [0, 0.1) is 5.82 Å². The van der Waals surface area contributed by atoms with Crippen LogP contribution in [-0.4, -0.2) is 24.7 Å². The van der Waals surface area contributed by atoms with Gasteiger partial charge in [0.05, 0.1) is 0 Å². The van der Waals surface area contributed by atoms with Crippen LogP contribution in [0.2, 0.25) is 0 Å². The normalized spacial score (nSPS) is 16.4. The molecule has 1 aliphatic heterocycles. The summed E-state index contributed by atoms with van der Waals surface area (Å²) in [6.07, 6.45) is 9.88. The highest BCUT2D eigenvalue weighted by Crippen LogP contribution is 2.34. The average molecular weight is 446 g/mol. The summed E-state index contributed by atoms with van der Waals surface area (Å²) in [6, 6.07) is 6.65. The van der Waals surface area contributed by atoms with E-state index < -0.39 is 12.0 Å². The fourth-order valence-electron chi connectivity index (χ4n) is 3.29. The third-order valence-electron chi connectivity index (χ3n) is 4.81. The zero-order chi connectivity index (χ0) is 22.8. The summed E-state index contributed by atoms with van der Waals surface area (Å²) in [5.74, 6) is -0.934. The van der Waals surface area contributed by atoms with E-state index in [0.717, 1.165) is 31.0 Å². The maximum absolute atomic E-state index is 14.5. The first kappa shape index (κ1) is 24.9. The molecule has 1 aromatic carbocycles. The van der Waals surface area contributed by atoms with Crippen molar-refractivity contribution in [3.63, 3.8) is 0 Å². The fraction of sp³-hybridized carbons (Fsp3) is 0.308. The highest BCUT2D eigenvalue weighted by Gasteiger charge is 2.12. The lowest BCUT2D eigenvalue weighted by Gasteiger charge is -2.18. The number of alkyl halides is 1. The molecule has 0 N–H and O–H groups in total. The second kappa shape index (κ2) is 12.5. The van der Waals surface area contributed by atoms with Gasteiger partial charge in [0, 0.05) is 35.8 Å². The number of halogens is 3. The predicted octanol–water partition coefficient (Wildman–Crippen LogP) is 8.13. The van der Waals surface area contributed by atoms with E-state index in [9.17, 15) is 13.2 Å². The number of hydrogen-bond donors (Lipinski definition) is 0. The van der Waals surface area contributed by atoms with Gasteiger partial charge < -0.3 is 4.90 Å². The topological polar surface area (TPSA) is 3.24 Å². The van der Waals surface area contributed by atoms with Crippen LogP contribution in [0.3, 0.4) is 0 Å². The van der Waals surface area contributed by atoms with Gasteiger partial charge in [0.25, 0.3) is 0 Å². The van der Waals surface area contributed by atoms with E-state index in [0.29, 0.717) is 16.9 Å². The first-order valence-corrected chi connectivity index (χ1v) is 11.2. The first-order valence-electron chi connectivity index (χ1n) is 10.4. The van der Waals surface area contributed by atoms with Gasteiger partial charge in [-0.1, -0.05) is 54.8 Å². The number of likely N-dealkylation sites (N-methyl/N-ethyl adjacent to an activating group) is 1. The standard InChI is InChI=1S/C26H30F3NS/c1-5-23(26(29)16-19(2)27)20(3)31-18-22(24-13-6-7-14-25(24)28)12-8-10-21-11-9-15-30(4)17-21/h5-7,9,11,13-14,16-19H,3,8,10,12,15H2,1-2,4H3. The minimum Gasteiger partial charge on any atom is -0.376 e. The molecule has 1 atom stereocenters. The molecule has 0 saturated carbocycles. The molecule has 1 aliphatic rings. The van der Waals surface area contributed by atoms with Crippen molar-refractivity contribution in [2.75, 3.05) is 13.6 Å². The molecule has 31 heavy (non-hydrogen) atoms. The Balaban J connectivity index is 2.16. The molecule has 2 rings (SSSR count). The van der Waals surface area contributed by atoms with Crippen molar-refractivity contribution >= 4 is 17.3 Å². The van der Waals surface area contributed by atoms with E-state index in [-0.39, 0.29) is 11.4 Å². The monoisotopic (exact) mass is 445 g/mol. The number of hydrogen-bond acceptors (Lipinski definition) is 2. The number of thioether (sulfide) groups is 1. The van der Waals surface area contributed by atoms with Crippen molar-refractivity contribution in [1.29, 1.82) is 0 Å². The smallest absolute Gasteiger partial charge is 0.130 e. The molecular weight excluding hydrogens is 415 g/mol. The van der Waals surface area contributed by atoms with Crippen molar-refractivity contribution in [1.82, 2.24) is 4.90 Å². The lowest BCUT2D eigenvalue weighted by atomic mass is 9.99. The molecule has 0 saturated heterocycles. The summed E-state index contributed by atoms with van der Waals surface area (Å²) in [4.78, 5) is 2.58. The molecule has 1 nitrogen and oxygen atoms in total. The van der Waals surface area contributed by atoms with Crippen molar-refractivity contribution in [3.8, 4) is 0 Å². The maximum atomic E-state index is 14.5. The Morgan fingerprint density at radius 3 is 2.71 bits per heavy atom. The third kappa shape index (κ3) is 7.98. The van der Waals surface area contributed by atoms with Gasteiger partial charge in [-0.3, -0.25) is 0 Å². The molecule has 166 valence electrons. The SMILES string of the molecule is C=C(SC=C(CCCC1=CN(C)CC=C1)c1ccccc1F)C(=CC)C(F)=CC(C)F. The van der Waals surface area contributed by atoms with Crippen molar-refractivity contribution in [2.45, 2.75) is 39.3 Å². The van der Waals surface area contributed by atoms with Crippen LogP contribution in [0.1, 0.15) is 38.7 Å². The van der Waals surface area contributed by atoms with Gasteiger partial charge in [0.2, 0.25) is 0 Å². The van der Waals surface area contributed by atoms with E-state index in [1.54, 1.807) is 31.2 Å². The molecule has 5 heteroatoms. The van der Waals surface area contributed by atoms with Gasteiger partial charge in [-0.2, -0.15) is 0 Å². The summed E-state index contributed by atoms with van der Waals surface area (Å²) >= 11 is 1.23. The van der Waals surface area contributed by atoms with Crippen molar-refractivity contribution in [3.05, 3.63) is 100 Å². The van der Waals surface area contributed by atoms with Crippen LogP contribution in [0.25, 0.3) is 5.57 Å². The van der Waals surface area contributed by atoms with Gasteiger partial charge in [0.1, 0.15) is 17.8 Å². The average Bonchev–Trinajstić information content (AvgIpc) is 2.71. The molecular formula is C26H30F3NS. The van der Waals surface area contributed by atoms with Gasteiger partial charge in [-0.25, -0.2) is 13.2 Å². The van der Waals surface area contributed by atoms with Gasteiger partial charge >= 0.3 is 0 Å². The summed E-state index contributed by atoms with van der Waals surface area (Å²) in [7, 11) is 2.03. The van der Waals surface area contributed by atoms with Crippen LogP contribution in [0.15, 0.2) is 88.6 Å². The molecule has 0 fully saturated rings. The second-order valence-electron chi connectivity index (χ2n) is 7.46. The van der Waals surface area contributed by atoms with Crippen molar-refractivity contribution < 1.29 is 13.2 Å². The van der Waals surface area contributed by atoms with E-state index in [2.05, 4.69) is 29.8 Å². The zero-order valence-electron chi connectivity index (χ0n) is 18.4. The second-order valence-corrected chi connectivity index (χ2v) is 8.42. The Morgan fingerprint density at radius 1 is 1.32 bits per heavy atom. The van der Waals surface area contributed by atoms with E-state index in [1.165, 1.54) is 30.3 Å². The van der Waals surface area contributed by atoms with Crippen LogP contribution >= 0.6 is 11.8 Å². The number of nitrogens with zero attached hydrogens (tertiary/aromatic N) is 1. The largest absolute Gasteiger partial charge is 0.376 e. The van der Waals surface area contributed by atoms with Gasteiger partial charge in [0.15, 0.2) is 0 Å². The van der Waals surface area contributed by atoms with Gasteiger partial charge in [-0.05, 0) is 61.8 Å². The molecule has 0 aliphatic carbocycles. The Kier molecular flexibility index (Phi) is 9.99. The Morgan fingerprint density at radius 2 is 2.06 bits per heavy atom. The lowest BCUT2D eigenvalue weighted by Crippen LogP contribution is -2.13. The first-order chi connectivity index (χ1) is 14.8. The molecule has 1 unspecified atom stereocenters. The minimum atomic E-state index is -1.39. The Bertz CT molecular complexity index is 922. The fourth-order valence-corrected chi connectivity index (χ4v) is 4.16. The molecule has 0 spiro atoms. The zero-order valence-corrected chi connectivity index (χ0v) is 19.2. The summed E-state index contributed by atoms with van der Waals surface area (Å²) in [6.45, 7) is 7.79. The van der Waals surface area contributed by atoms with E-state index in [1.807, 2.05) is 12.5 Å². The van der Waals surface area contributed by atoms with Crippen LogP contribution < -0.4 is 0 Å². The Labute approximate surface area is 188 Å². The Hall–Kier alpha value is -2.40. The lowest BCUT2D eigenvalue weighted by molar-refractivity contribution is 0.423. The summed E-state index contributed by atoms with van der Waals surface area (Å²) in [5, 5.41) is 1.83. The minimum absolute atomic E-state index is 0.249. The van der Waals surface area contributed by atoms with Crippen LogP contribution in [-0.2, 0) is 0 Å². The molecule has 0 amide bonds. The molecule has 0 bridgehead atoms. The van der Waals surface area contributed by atoms with E-state index >= 15 is 0 Å². The summed E-state index contributed by atoms with van der Waals surface area (Å²) < 4.78 is 41.9. The van der Waals surface area contributed by atoms with Gasteiger partial charge in [-0.15, -0.1) is 0 Å². The van der Waals surface area contributed by atoms with Crippen LogP contribution in [0.4, 0.5) is 13.2 Å². The number of benzene rings is 1. The molecule has 0 aromatic heterocycles. The third-order valence-corrected chi connectivity index (χ3v) is 5.72. The maximum Gasteiger partial charge on any atom is 0.130 e. The number of allylic oxidation sites excluding steroid dienone is 7. The van der Waals surface area contributed by atoms with E-state index in [4.69, 9.17) is 0 Å². The molecule has 1 aromatic rings.